The maximum atomic E-state index is 11.0. The molecule has 1 aromatic heterocycles. The summed E-state index contributed by atoms with van der Waals surface area (Å²) in [6, 6.07) is 4.90. The van der Waals surface area contributed by atoms with Gasteiger partial charge in [-0.15, -0.1) is 0 Å². The Kier molecular flexibility index (Phi) is 2.76. The van der Waals surface area contributed by atoms with Gasteiger partial charge in [-0.1, -0.05) is 6.07 Å². The molecule has 0 unspecified atom stereocenters. The molecule has 1 aromatic carbocycles. The third-order valence-electron chi connectivity index (χ3n) is 2.47. The molecule has 7 heteroatoms. The van der Waals surface area contributed by atoms with Crippen LogP contribution in [0.15, 0.2) is 18.2 Å². The minimum atomic E-state index is -0.424. The number of aromatic nitrogens is 3. The number of nitrogens with zero attached hydrogens (tertiary/aromatic N) is 3. The van der Waals surface area contributed by atoms with Crippen LogP contribution in [0.2, 0.25) is 0 Å². The van der Waals surface area contributed by atoms with E-state index in [1.54, 1.807) is 23.7 Å². The lowest BCUT2D eigenvalue weighted by Crippen LogP contribution is -1.98. The number of nitrogens with one attached hydrogen (secondary N) is 1. The maximum Gasteiger partial charge on any atom is 0.280 e. The van der Waals surface area contributed by atoms with Crippen LogP contribution in [-0.2, 0) is 7.05 Å². The first kappa shape index (κ1) is 11.5. The number of nitro benzene ring substituents is 1. The number of rotatable bonds is 2. The summed E-state index contributed by atoms with van der Waals surface area (Å²) >= 11 is 4.99. The minimum Gasteiger partial charge on any atom is -0.303 e. The van der Waals surface area contributed by atoms with Crippen LogP contribution in [0, 0.1) is 21.8 Å². The standard InChI is InChI=1S/C10H10N4O2S/c1-6-3-4-8(14(15)16)7(5-6)9-11-12-10(17)13(9)2/h3-5H,1-2H3,(H,12,17). The number of hydrogen-bond donors (Lipinski definition) is 1. The topological polar surface area (TPSA) is 76.8 Å². The van der Waals surface area contributed by atoms with E-state index in [2.05, 4.69) is 10.2 Å². The summed E-state index contributed by atoms with van der Waals surface area (Å²) in [7, 11) is 1.72. The summed E-state index contributed by atoms with van der Waals surface area (Å²) in [5, 5.41) is 17.6. The average Bonchev–Trinajstić information content (AvgIpc) is 2.59. The van der Waals surface area contributed by atoms with Gasteiger partial charge in [-0.2, -0.15) is 5.10 Å². The SMILES string of the molecule is Cc1ccc([N+](=O)[O-])c(-c2n[nH]c(=S)n2C)c1. The molecule has 2 rings (SSSR count). The number of aromatic amines is 1. The molecule has 0 atom stereocenters. The van der Waals surface area contributed by atoms with Gasteiger partial charge < -0.3 is 4.57 Å². The van der Waals surface area contributed by atoms with E-state index in [1.807, 2.05) is 6.92 Å². The molecule has 17 heavy (non-hydrogen) atoms. The highest BCUT2D eigenvalue weighted by Gasteiger charge is 2.19. The van der Waals surface area contributed by atoms with Crippen molar-refractivity contribution in [2.75, 3.05) is 0 Å². The van der Waals surface area contributed by atoms with Crippen LogP contribution < -0.4 is 0 Å². The van der Waals surface area contributed by atoms with Gasteiger partial charge in [0.1, 0.15) is 0 Å². The van der Waals surface area contributed by atoms with Crippen molar-refractivity contribution in [1.82, 2.24) is 14.8 Å². The molecule has 0 aliphatic rings. The molecule has 1 heterocycles. The highest BCUT2D eigenvalue weighted by molar-refractivity contribution is 7.71. The fourth-order valence-corrected chi connectivity index (χ4v) is 1.71. The van der Waals surface area contributed by atoms with E-state index in [0.29, 0.717) is 16.2 Å². The lowest BCUT2D eigenvalue weighted by molar-refractivity contribution is -0.384. The van der Waals surface area contributed by atoms with E-state index in [4.69, 9.17) is 12.2 Å². The van der Waals surface area contributed by atoms with E-state index in [-0.39, 0.29) is 5.69 Å². The van der Waals surface area contributed by atoms with Gasteiger partial charge in [-0.05, 0) is 30.8 Å². The first-order valence-electron chi connectivity index (χ1n) is 4.87. The summed E-state index contributed by atoms with van der Waals surface area (Å²) in [6.07, 6.45) is 0. The molecule has 0 amide bonds. The molecule has 0 aliphatic heterocycles. The second-order valence-corrected chi connectivity index (χ2v) is 4.08. The van der Waals surface area contributed by atoms with Gasteiger partial charge in [0.25, 0.3) is 5.69 Å². The Morgan fingerprint density at radius 3 is 2.76 bits per heavy atom. The van der Waals surface area contributed by atoms with Crippen LogP contribution in [-0.4, -0.2) is 19.7 Å². The Morgan fingerprint density at radius 2 is 2.24 bits per heavy atom. The second kappa shape index (κ2) is 4.10. The van der Waals surface area contributed by atoms with Crippen LogP contribution in [0.5, 0.6) is 0 Å². The fourth-order valence-electron chi connectivity index (χ4n) is 1.58. The average molecular weight is 250 g/mol. The van der Waals surface area contributed by atoms with Crippen molar-refractivity contribution in [3.8, 4) is 11.4 Å². The molecule has 0 aliphatic carbocycles. The zero-order valence-electron chi connectivity index (χ0n) is 9.30. The second-order valence-electron chi connectivity index (χ2n) is 3.69. The molecule has 0 saturated carbocycles. The van der Waals surface area contributed by atoms with Crippen molar-refractivity contribution in [1.29, 1.82) is 0 Å². The smallest absolute Gasteiger partial charge is 0.280 e. The lowest BCUT2D eigenvalue weighted by atomic mass is 10.1. The Morgan fingerprint density at radius 1 is 1.53 bits per heavy atom. The quantitative estimate of drug-likeness (QED) is 0.504. The van der Waals surface area contributed by atoms with Crippen molar-refractivity contribution in [2.45, 2.75) is 6.92 Å². The maximum absolute atomic E-state index is 11.0. The molecule has 0 bridgehead atoms. The minimum absolute atomic E-state index is 0.0210. The predicted octanol–water partition coefficient (Wildman–Crippen LogP) is 2.36. The summed E-state index contributed by atoms with van der Waals surface area (Å²) in [5.41, 5.74) is 1.41. The van der Waals surface area contributed by atoms with Gasteiger partial charge >= 0.3 is 0 Å². The van der Waals surface area contributed by atoms with E-state index in [1.165, 1.54) is 6.07 Å². The normalized spacial score (nSPS) is 10.5. The van der Waals surface area contributed by atoms with Gasteiger partial charge in [-0.3, -0.25) is 15.2 Å². The van der Waals surface area contributed by atoms with Gasteiger partial charge in [-0.25, -0.2) is 0 Å². The van der Waals surface area contributed by atoms with Crippen LogP contribution in [0.3, 0.4) is 0 Å². The summed E-state index contributed by atoms with van der Waals surface area (Å²) in [4.78, 5) is 10.5. The van der Waals surface area contributed by atoms with Crippen LogP contribution in [0.25, 0.3) is 11.4 Å². The van der Waals surface area contributed by atoms with Crippen molar-refractivity contribution >= 4 is 17.9 Å². The third kappa shape index (κ3) is 1.96. The molecular formula is C10H10N4O2S. The fraction of sp³-hybridized carbons (Fsp3) is 0.200. The summed E-state index contributed by atoms with van der Waals surface area (Å²) in [6.45, 7) is 1.87. The zero-order chi connectivity index (χ0) is 12.6. The molecule has 0 radical (unpaired) electrons. The van der Waals surface area contributed by atoms with Gasteiger partial charge in [0.05, 0.1) is 10.5 Å². The van der Waals surface area contributed by atoms with Gasteiger partial charge in [0.15, 0.2) is 10.6 Å². The molecule has 0 fully saturated rings. The highest BCUT2D eigenvalue weighted by Crippen LogP contribution is 2.28. The highest BCUT2D eigenvalue weighted by atomic mass is 32.1. The Hall–Kier alpha value is -2.02. The number of nitro groups is 1. The predicted molar refractivity (Wildman–Crippen MR) is 65.2 cm³/mol. The number of benzene rings is 1. The largest absolute Gasteiger partial charge is 0.303 e. The van der Waals surface area contributed by atoms with Crippen LogP contribution >= 0.6 is 12.2 Å². The Balaban J connectivity index is 2.73. The van der Waals surface area contributed by atoms with Crippen LogP contribution in [0.1, 0.15) is 5.56 Å². The first-order chi connectivity index (χ1) is 8.00. The zero-order valence-corrected chi connectivity index (χ0v) is 10.1. The van der Waals surface area contributed by atoms with E-state index in [9.17, 15) is 10.1 Å². The molecule has 1 N–H and O–H groups in total. The van der Waals surface area contributed by atoms with Crippen molar-refractivity contribution in [3.05, 3.63) is 38.6 Å². The molecular weight excluding hydrogens is 240 g/mol. The van der Waals surface area contributed by atoms with Crippen molar-refractivity contribution < 1.29 is 4.92 Å². The van der Waals surface area contributed by atoms with Crippen molar-refractivity contribution in [3.63, 3.8) is 0 Å². The van der Waals surface area contributed by atoms with Crippen molar-refractivity contribution in [2.24, 2.45) is 7.05 Å². The monoisotopic (exact) mass is 250 g/mol. The molecule has 88 valence electrons. The van der Waals surface area contributed by atoms with E-state index >= 15 is 0 Å². The number of H-pyrrole nitrogens is 1. The van der Waals surface area contributed by atoms with E-state index in [0.717, 1.165) is 5.56 Å². The summed E-state index contributed by atoms with van der Waals surface area (Å²) < 4.78 is 2.03. The molecule has 2 aromatic rings. The van der Waals surface area contributed by atoms with Gasteiger partial charge in [0, 0.05) is 13.1 Å². The van der Waals surface area contributed by atoms with E-state index < -0.39 is 4.92 Å². The Labute approximate surface area is 102 Å². The molecule has 0 saturated heterocycles. The first-order valence-corrected chi connectivity index (χ1v) is 5.28. The van der Waals surface area contributed by atoms with Gasteiger partial charge in [0.2, 0.25) is 0 Å². The number of hydrogen-bond acceptors (Lipinski definition) is 4. The molecule has 0 spiro atoms. The van der Waals surface area contributed by atoms with Crippen LogP contribution in [0.4, 0.5) is 5.69 Å². The Bertz CT molecular complexity index is 644. The number of aryl methyl sites for hydroxylation is 1. The summed E-state index contributed by atoms with van der Waals surface area (Å²) in [5.74, 6) is 0.463. The molecule has 6 nitrogen and oxygen atoms in total. The third-order valence-corrected chi connectivity index (χ3v) is 2.83. The lowest BCUT2D eigenvalue weighted by Gasteiger charge is -2.03.